The standard InChI is InChI=1S/C21H18N2O2S/c1-3-25-18-9-7-16(8-10-18)20-14-26-21(23-20)17(13-22)11-15-5-4-6-19(12-15)24-2/h4-12,14H,3H2,1-2H3. The van der Waals surface area contributed by atoms with Gasteiger partial charge in [0.05, 0.1) is 25.0 Å². The molecule has 0 saturated carbocycles. The molecular weight excluding hydrogens is 344 g/mol. The molecule has 0 aliphatic carbocycles. The summed E-state index contributed by atoms with van der Waals surface area (Å²) in [4.78, 5) is 4.62. The van der Waals surface area contributed by atoms with Crippen LogP contribution in [-0.4, -0.2) is 18.7 Å². The fraction of sp³-hybridized carbons (Fsp3) is 0.143. The first kappa shape index (κ1) is 17.7. The van der Waals surface area contributed by atoms with Gasteiger partial charge in [-0.05, 0) is 55.0 Å². The van der Waals surface area contributed by atoms with E-state index in [-0.39, 0.29) is 0 Å². The van der Waals surface area contributed by atoms with Gasteiger partial charge in [0, 0.05) is 10.9 Å². The molecule has 0 saturated heterocycles. The third kappa shape index (κ3) is 4.11. The molecule has 0 fully saturated rings. The SMILES string of the molecule is CCOc1ccc(-c2csc(C(C#N)=Cc3cccc(OC)c3)n2)cc1. The highest BCUT2D eigenvalue weighted by Gasteiger charge is 2.09. The number of rotatable bonds is 6. The molecule has 2 aromatic carbocycles. The zero-order valence-electron chi connectivity index (χ0n) is 14.6. The fourth-order valence-electron chi connectivity index (χ4n) is 2.46. The molecule has 0 bridgehead atoms. The van der Waals surface area contributed by atoms with Crippen LogP contribution in [0.5, 0.6) is 11.5 Å². The van der Waals surface area contributed by atoms with Gasteiger partial charge in [-0.15, -0.1) is 11.3 Å². The molecule has 0 spiro atoms. The lowest BCUT2D eigenvalue weighted by atomic mass is 10.1. The molecule has 3 rings (SSSR count). The van der Waals surface area contributed by atoms with E-state index in [0.717, 1.165) is 28.3 Å². The minimum atomic E-state index is 0.528. The molecular formula is C21H18N2O2S. The van der Waals surface area contributed by atoms with Crippen molar-refractivity contribution < 1.29 is 9.47 Å². The summed E-state index contributed by atoms with van der Waals surface area (Å²) in [5.74, 6) is 1.59. The van der Waals surface area contributed by atoms with Crippen molar-refractivity contribution in [1.29, 1.82) is 5.26 Å². The van der Waals surface area contributed by atoms with E-state index in [2.05, 4.69) is 11.1 Å². The summed E-state index contributed by atoms with van der Waals surface area (Å²) in [5.41, 5.74) is 3.27. The van der Waals surface area contributed by atoms with Crippen LogP contribution in [0.25, 0.3) is 22.9 Å². The van der Waals surface area contributed by atoms with Crippen LogP contribution in [0.2, 0.25) is 0 Å². The van der Waals surface area contributed by atoms with Crippen LogP contribution in [0.3, 0.4) is 0 Å². The van der Waals surface area contributed by atoms with E-state index in [9.17, 15) is 5.26 Å². The molecule has 1 heterocycles. The molecule has 4 nitrogen and oxygen atoms in total. The van der Waals surface area contributed by atoms with Gasteiger partial charge in [0.1, 0.15) is 22.6 Å². The molecule has 1 aromatic heterocycles. The summed E-state index contributed by atoms with van der Waals surface area (Å²) in [6.07, 6.45) is 1.82. The zero-order chi connectivity index (χ0) is 18.4. The maximum absolute atomic E-state index is 9.54. The Hall–Kier alpha value is -3.10. The monoisotopic (exact) mass is 362 g/mol. The van der Waals surface area contributed by atoms with E-state index in [0.29, 0.717) is 17.2 Å². The van der Waals surface area contributed by atoms with Gasteiger partial charge in [-0.2, -0.15) is 5.26 Å². The number of aromatic nitrogens is 1. The molecule has 0 aliphatic heterocycles. The van der Waals surface area contributed by atoms with Crippen LogP contribution in [0.4, 0.5) is 0 Å². The second-order valence-electron chi connectivity index (χ2n) is 5.44. The molecule has 0 radical (unpaired) electrons. The van der Waals surface area contributed by atoms with Crippen LogP contribution in [-0.2, 0) is 0 Å². The molecule has 0 aliphatic rings. The Morgan fingerprint density at radius 3 is 2.69 bits per heavy atom. The highest BCUT2D eigenvalue weighted by Crippen LogP contribution is 2.28. The van der Waals surface area contributed by atoms with Crippen molar-refractivity contribution in [2.75, 3.05) is 13.7 Å². The summed E-state index contributed by atoms with van der Waals surface area (Å²) >= 11 is 1.46. The van der Waals surface area contributed by atoms with Crippen molar-refractivity contribution in [2.24, 2.45) is 0 Å². The van der Waals surface area contributed by atoms with E-state index in [1.54, 1.807) is 7.11 Å². The van der Waals surface area contributed by atoms with Crippen molar-refractivity contribution >= 4 is 23.0 Å². The fourth-order valence-corrected chi connectivity index (χ4v) is 3.25. The number of allylic oxidation sites excluding steroid dienone is 1. The van der Waals surface area contributed by atoms with Gasteiger partial charge in [-0.1, -0.05) is 12.1 Å². The number of methoxy groups -OCH3 is 1. The van der Waals surface area contributed by atoms with Crippen molar-refractivity contribution in [1.82, 2.24) is 4.98 Å². The Bertz CT molecular complexity index is 953. The number of nitrogens with zero attached hydrogens (tertiary/aromatic N) is 2. The van der Waals surface area contributed by atoms with Crippen LogP contribution < -0.4 is 9.47 Å². The minimum Gasteiger partial charge on any atom is -0.497 e. The summed E-state index contributed by atoms with van der Waals surface area (Å²) in [6, 6.07) is 17.6. The number of benzene rings is 2. The highest BCUT2D eigenvalue weighted by atomic mass is 32.1. The predicted octanol–water partition coefficient (Wildman–Crippen LogP) is 5.28. The number of ether oxygens (including phenoxy) is 2. The predicted molar refractivity (Wildman–Crippen MR) is 105 cm³/mol. The Balaban J connectivity index is 1.87. The number of nitriles is 1. The van der Waals surface area contributed by atoms with Gasteiger partial charge in [0.2, 0.25) is 0 Å². The summed E-state index contributed by atoms with van der Waals surface area (Å²) in [6.45, 7) is 2.60. The van der Waals surface area contributed by atoms with Crippen LogP contribution in [0.15, 0.2) is 53.9 Å². The molecule has 0 N–H and O–H groups in total. The average molecular weight is 362 g/mol. The number of hydrogen-bond donors (Lipinski definition) is 0. The van der Waals surface area contributed by atoms with Gasteiger partial charge in [0.15, 0.2) is 0 Å². The normalized spacial score (nSPS) is 11.0. The van der Waals surface area contributed by atoms with Crippen LogP contribution in [0.1, 0.15) is 17.5 Å². The smallest absolute Gasteiger partial charge is 0.134 e. The lowest BCUT2D eigenvalue weighted by molar-refractivity contribution is 0.340. The Morgan fingerprint density at radius 1 is 1.19 bits per heavy atom. The minimum absolute atomic E-state index is 0.528. The van der Waals surface area contributed by atoms with Gasteiger partial charge < -0.3 is 9.47 Å². The second kappa shape index (κ2) is 8.32. The van der Waals surface area contributed by atoms with E-state index >= 15 is 0 Å². The topological polar surface area (TPSA) is 55.1 Å². The summed E-state index contributed by atoms with van der Waals surface area (Å²) in [5, 5.41) is 12.2. The number of hydrogen-bond acceptors (Lipinski definition) is 5. The first-order valence-electron chi connectivity index (χ1n) is 8.18. The zero-order valence-corrected chi connectivity index (χ0v) is 15.4. The lowest BCUT2D eigenvalue weighted by Crippen LogP contribution is -1.90. The van der Waals surface area contributed by atoms with Crippen molar-refractivity contribution in [3.05, 3.63) is 64.5 Å². The largest absolute Gasteiger partial charge is 0.497 e. The average Bonchev–Trinajstić information content (AvgIpc) is 3.17. The molecule has 0 amide bonds. The molecule has 3 aromatic rings. The Morgan fingerprint density at radius 2 is 2.00 bits per heavy atom. The lowest BCUT2D eigenvalue weighted by Gasteiger charge is -2.03. The van der Waals surface area contributed by atoms with Gasteiger partial charge in [-0.25, -0.2) is 4.98 Å². The van der Waals surface area contributed by atoms with Crippen LogP contribution in [0, 0.1) is 11.3 Å². The quantitative estimate of drug-likeness (QED) is 0.560. The molecule has 130 valence electrons. The maximum atomic E-state index is 9.54. The third-order valence-corrected chi connectivity index (χ3v) is 4.60. The number of thiazole rings is 1. The molecule has 0 unspecified atom stereocenters. The van der Waals surface area contributed by atoms with Gasteiger partial charge in [-0.3, -0.25) is 0 Å². The van der Waals surface area contributed by atoms with Crippen molar-refractivity contribution in [2.45, 2.75) is 6.92 Å². The third-order valence-electron chi connectivity index (χ3n) is 3.72. The first-order chi connectivity index (χ1) is 12.7. The van der Waals surface area contributed by atoms with Gasteiger partial charge >= 0.3 is 0 Å². The second-order valence-corrected chi connectivity index (χ2v) is 6.30. The van der Waals surface area contributed by atoms with Crippen LogP contribution >= 0.6 is 11.3 Å². The van der Waals surface area contributed by atoms with Crippen molar-refractivity contribution in [3.8, 4) is 28.8 Å². The molecule has 0 atom stereocenters. The van der Waals surface area contributed by atoms with E-state index in [1.165, 1.54) is 11.3 Å². The summed E-state index contributed by atoms with van der Waals surface area (Å²) in [7, 11) is 1.62. The summed E-state index contributed by atoms with van der Waals surface area (Å²) < 4.78 is 10.7. The molecule has 26 heavy (non-hydrogen) atoms. The Kier molecular flexibility index (Phi) is 5.67. The Labute approximate surface area is 157 Å². The van der Waals surface area contributed by atoms with E-state index in [4.69, 9.17) is 9.47 Å². The molecule has 5 heteroatoms. The van der Waals surface area contributed by atoms with Gasteiger partial charge in [0.25, 0.3) is 0 Å². The first-order valence-corrected chi connectivity index (χ1v) is 9.06. The van der Waals surface area contributed by atoms with Crippen molar-refractivity contribution in [3.63, 3.8) is 0 Å². The maximum Gasteiger partial charge on any atom is 0.134 e. The highest BCUT2D eigenvalue weighted by molar-refractivity contribution is 7.11. The van der Waals surface area contributed by atoms with E-state index < -0.39 is 0 Å². The van der Waals surface area contributed by atoms with E-state index in [1.807, 2.05) is 66.9 Å².